The first-order chi connectivity index (χ1) is 6.19. The van der Waals surface area contributed by atoms with Crippen molar-refractivity contribution in [1.82, 2.24) is 9.78 Å². The zero-order valence-electron chi connectivity index (χ0n) is 7.79. The highest BCUT2D eigenvalue weighted by Crippen LogP contribution is 2.18. The Labute approximate surface area is 86.2 Å². The Morgan fingerprint density at radius 3 is 2.85 bits per heavy atom. The molecular weight excluding hydrogens is 232 g/mol. The molecule has 1 aromatic heterocycles. The molecule has 0 aliphatic rings. The van der Waals surface area contributed by atoms with Crippen LogP contribution in [0.25, 0.3) is 6.08 Å². The molecule has 1 rings (SSSR count). The number of aromatic nitrogens is 2. The number of hydrogen-bond acceptors (Lipinski definition) is 2. The molecule has 3 nitrogen and oxygen atoms in total. The number of nitrogens with zero attached hydrogens (tertiary/aromatic N) is 2. The third-order valence-corrected chi connectivity index (χ3v) is 2.55. The minimum atomic E-state index is 0.105. The van der Waals surface area contributed by atoms with Gasteiger partial charge < -0.3 is 5.11 Å². The van der Waals surface area contributed by atoms with Gasteiger partial charge in [0.05, 0.1) is 23.0 Å². The summed E-state index contributed by atoms with van der Waals surface area (Å²) in [5, 5.41) is 13.1. The Morgan fingerprint density at radius 2 is 2.46 bits per heavy atom. The van der Waals surface area contributed by atoms with Gasteiger partial charge in [-0.25, -0.2) is 0 Å². The van der Waals surface area contributed by atoms with Gasteiger partial charge >= 0.3 is 0 Å². The maximum Gasteiger partial charge on any atom is 0.0749 e. The van der Waals surface area contributed by atoms with E-state index in [0.717, 1.165) is 22.2 Å². The normalized spacial score (nSPS) is 12.2. The van der Waals surface area contributed by atoms with Crippen LogP contribution < -0.4 is 0 Å². The van der Waals surface area contributed by atoms with Crippen molar-refractivity contribution in [2.24, 2.45) is 7.05 Å². The molecular formula is C9H13BrN2O. The predicted molar refractivity (Wildman–Crippen MR) is 56.3 cm³/mol. The van der Waals surface area contributed by atoms with E-state index in [0.29, 0.717) is 0 Å². The lowest BCUT2D eigenvalue weighted by molar-refractivity contribution is 0.329. The third kappa shape index (κ3) is 2.42. The van der Waals surface area contributed by atoms with Crippen LogP contribution in [0.4, 0.5) is 0 Å². The van der Waals surface area contributed by atoms with Gasteiger partial charge in [-0.1, -0.05) is 6.92 Å². The quantitative estimate of drug-likeness (QED) is 0.884. The lowest BCUT2D eigenvalue weighted by Gasteiger charge is -2.00. The number of aliphatic hydroxyl groups is 1. The molecule has 1 aromatic rings. The summed E-state index contributed by atoms with van der Waals surface area (Å²) in [6.45, 7) is 2.13. The van der Waals surface area contributed by atoms with Gasteiger partial charge in [0.1, 0.15) is 0 Å². The van der Waals surface area contributed by atoms with E-state index in [2.05, 4.69) is 21.0 Å². The van der Waals surface area contributed by atoms with Crippen LogP contribution in [0.3, 0.4) is 0 Å². The summed E-state index contributed by atoms with van der Waals surface area (Å²) in [6, 6.07) is 0. The summed E-state index contributed by atoms with van der Waals surface area (Å²) in [7, 11) is 1.88. The van der Waals surface area contributed by atoms with Gasteiger partial charge in [0, 0.05) is 7.05 Å². The minimum absolute atomic E-state index is 0.105. The molecule has 0 aliphatic heterocycles. The second-order valence-electron chi connectivity index (χ2n) is 2.82. The highest BCUT2D eigenvalue weighted by atomic mass is 79.9. The van der Waals surface area contributed by atoms with Crippen LogP contribution in [0.5, 0.6) is 0 Å². The molecule has 0 spiro atoms. The van der Waals surface area contributed by atoms with Gasteiger partial charge in [0.15, 0.2) is 0 Å². The molecule has 1 heterocycles. The van der Waals surface area contributed by atoms with Crippen molar-refractivity contribution in [3.05, 3.63) is 21.9 Å². The van der Waals surface area contributed by atoms with E-state index in [1.807, 2.05) is 20.0 Å². The van der Waals surface area contributed by atoms with Crippen molar-refractivity contribution in [2.75, 3.05) is 6.61 Å². The molecule has 1 N–H and O–H groups in total. The fraction of sp³-hybridized carbons (Fsp3) is 0.444. The van der Waals surface area contributed by atoms with E-state index in [1.165, 1.54) is 0 Å². The van der Waals surface area contributed by atoms with Gasteiger partial charge in [-0.05, 0) is 34.0 Å². The summed E-state index contributed by atoms with van der Waals surface area (Å²) in [5.74, 6) is 0. The Balaban J connectivity index is 3.01. The van der Waals surface area contributed by atoms with E-state index < -0.39 is 0 Å². The van der Waals surface area contributed by atoms with E-state index in [1.54, 1.807) is 10.9 Å². The maximum absolute atomic E-state index is 8.99. The summed E-state index contributed by atoms with van der Waals surface area (Å²) in [6.07, 6.45) is 4.56. The standard InChI is InChI=1S/C9H13BrN2O/c1-3-7(6-13)4-9-8(10)5-11-12(9)2/h4-5,13H,3,6H2,1-2H3/b7-4+. The molecule has 0 saturated heterocycles. The molecule has 0 fully saturated rings. The van der Waals surface area contributed by atoms with Crippen molar-refractivity contribution in [1.29, 1.82) is 0 Å². The number of rotatable bonds is 3. The predicted octanol–water partition coefficient (Wildman–Crippen LogP) is 1.97. The molecule has 0 bridgehead atoms. The SMILES string of the molecule is CC/C(=C\c1c(Br)cnn1C)CO. The van der Waals surface area contributed by atoms with Gasteiger partial charge in [-0.3, -0.25) is 4.68 Å². The molecule has 0 saturated carbocycles. The smallest absolute Gasteiger partial charge is 0.0749 e. The van der Waals surface area contributed by atoms with Crippen molar-refractivity contribution in [2.45, 2.75) is 13.3 Å². The van der Waals surface area contributed by atoms with Crippen molar-refractivity contribution in [3.63, 3.8) is 0 Å². The van der Waals surface area contributed by atoms with Crippen LogP contribution in [-0.2, 0) is 7.05 Å². The van der Waals surface area contributed by atoms with Gasteiger partial charge in [-0.15, -0.1) is 0 Å². The molecule has 0 amide bonds. The first-order valence-corrected chi connectivity index (χ1v) is 4.96. The van der Waals surface area contributed by atoms with E-state index in [9.17, 15) is 0 Å². The maximum atomic E-state index is 8.99. The highest BCUT2D eigenvalue weighted by Gasteiger charge is 2.03. The fourth-order valence-corrected chi connectivity index (χ4v) is 1.50. The first kappa shape index (κ1) is 10.5. The first-order valence-electron chi connectivity index (χ1n) is 4.16. The van der Waals surface area contributed by atoms with E-state index in [4.69, 9.17) is 5.11 Å². The molecule has 0 aromatic carbocycles. The average molecular weight is 245 g/mol. The number of halogens is 1. The summed E-state index contributed by atoms with van der Waals surface area (Å²) >= 11 is 3.39. The zero-order valence-corrected chi connectivity index (χ0v) is 9.37. The Morgan fingerprint density at radius 1 is 1.77 bits per heavy atom. The monoisotopic (exact) mass is 244 g/mol. The molecule has 0 unspecified atom stereocenters. The summed E-state index contributed by atoms with van der Waals surface area (Å²) in [4.78, 5) is 0. The van der Waals surface area contributed by atoms with Gasteiger partial charge in [-0.2, -0.15) is 5.10 Å². The molecule has 0 aliphatic carbocycles. The van der Waals surface area contributed by atoms with Crippen molar-refractivity contribution in [3.8, 4) is 0 Å². The van der Waals surface area contributed by atoms with Crippen LogP contribution in [0.2, 0.25) is 0 Å². The largest absolute Gasteiger partial charge is 0.392 e. The fourth-order valence-electron chi connectivity index (χ4n) is 1.04. The number of aryl methyl sites for hydroxylation is 1. The van der Waals surface area contributed by atoms with Crippen LogP contribution in [0.1, 0.15) is 19.0 Å². The zero-order chi connectivity index (χ0) is 9.84. The minimum Gasteiger partial charge on any atom is -0.392 e. The van der Waals surface area contributed by atoms with Gasteiger partial charge in [0.2, 0.25) is 0 Å². The Hall–Kier alpha value is -0.610. The Bertz CT molecular complexity index is 292. The Kier molecular flexibility index (Phi) is 3.69. The third-order valence-electron chi connectivity index (χ3n) is 1.94. The van der Waals surface area contributed by atoms with Crippen molar-refractivity contribution < 1.29 is 5.11 Å². The second kappa shape index (κ2) is 4.58. The molecule has 4 heteroatoms. The molecule has 13 heavy (non-hydrogen) atoms. The van der Waals surface area contributed by atoms with Crippen LogP contribution in [-0.4, -0.2) is 21.5 Å². The van der Waals surface area contributed by atoms with Crippen LogP contribution in [0, 0.1) is 0 Å². The summed E-state index contributed by atoms with van der Waals surface area (Å²) in [5.41, 5.74) is 2.00. The molecule has 72 valence electrons. The second-order valence-corrected chi connectivity index (χ2v) is 3.67. The molecule has 0 atom stereocenters. The van der Waals surface area contributed by atoms with Crippen molar-refractivity contribution >= 4 is 22.0 Å². The number of aliphatic hydroxyl groups excluding tert-OH is 1. The van der Waals surface area contributed by atoms with E-state index >= 15 is 0 Å². The average Bonchev–Trinajstić information content (AvgIpc) is 2.44. The molecule has 0 radical (unpaired) electrons. The van der Waals surface area contributed by atoms with Crippen LogP contribution in [0.15, 0.2) is 16.2 Å². The highest BCUT2D eigenvalue weighted by molar-refractivity contribution is 9.10. The van der Waals surface area contributed by atoms with Crippen LogP contribution >= 0.6 is 15.9 Å². The topological polar surface area (TPSA) is 38.0 Å². The lowest BCUT2D eigenvalue weighted by Crippen LogP contribution is -1.95. The number of hydrogen-bond donors (Lipinski definition) is 1. The lowest BCUT2D eigenvalue weighted by atomic mass is 10.2. The summed E-state index contributed by atoms with van der Waals surface area (Å²) < 4.78 is 2.73. The van der Waals surface area contributed by atoms with E-state index in [-0.39, 0.29) is 6.61 Å². The van der Waals surface area contributed by atoms with Gasteiger partial charge in [0.25, 0.3) is 0 Å².